The molecule has 3 aromatic rings. The molecule has 0 radical (unpaired) electrons. The summed E-state index contributed by atoms with van der Waals surface area (Å²) in [6.45, 7) is 4.85. The molecule has 1 aromatic carbocycles. The molecule has 0 unspecified atom stereocenters. The Balaban J connectivity index is 1.35. The molecule has 7 nitrogen and oxygen atoms in total. The minimum Gasteiger partial charge on any atom is -0.396 e. The van der Waals surface area contributed by atoms with Gasteiger partial charge in [-0.25, -0.2) is 15.0 Å². The molecule has 4 heterocycles. The van der Waals surface area contributed by atoms with E-state index in [-0.39, 0.29) is 12.7 Å². The third kappa shape index (κ3) is 3.64. The molecule has 0 saturated carbocycles. The van der Waals surface area contributed by atoms with Crippen LogP contribution in [0.4, 0.5) is 0 Å². The van der Waals surface area contributed by atoms with E-state index in [9.17, 15) is 5.11 Å². The predicted octanol–water partition coefficient (Wildman–Crippen LogP) is 2.71. The molecule has 2 fully saturated rings. The monoisotopic (exact) mass is 405 g/mol. The molecule has 5 rings (SSSR count). The van der Waals surface area contributed by atoms with Crippen LogP contribution >= 0.6 is 0 Å². The zero-order chi connectivity index (χ0) is 20.5. The number of benzene rings is 1. The van der Waals surface area contributed by atoms with Gasteiger partial charge in [0.25, 0.3) is 0 Å². The van der Waals surface area contributed by atoms with E-state index in [0.717, 1.165) is 54.5 Å². The Kier molecular flexibility index (Phi) is 5.33. The van der Waals surface area contributed by atoms with Gasteiger partial charge in [0.2, 0.25) is 0 Å². The van der Waals surface area contributed by atoms with Crippen LogP contribution in [0.1, 0.15) is 24.4 Å². The van der Waals surface area contributed by atoms with Crippen molar-refractivity contribution in [2.24, 2.45) is 0 Å². The summed E-state index contributed by atoms with van der Waals surface area (Å²) in [5, 5.41) is 9.21. The van der Waals surface area contributed by atoms with E-state index in [0.29, 0.717) is 18.5 Å². The maximum atomic E-state index is 9.21. The summed E-state index contributed by atoms with van der Waals surface area (Å²) >= 11 is 0. The summed E-state index contributed by atoms with van der Waals surface area (Å²) < 4.78 is 8.19. The largest absolute Gasteiger partial charge is 0.396 e. The number of ether oxygens (including phenoxy) is 1. The number of morpholine rings is 1. The van der Waals surface area contributed by atoms with Crippen LogP contribution in [-0.4, -0.2) is 68.0 Å². The number of aliphatic hydroxyl groups excluding tert-OH is 1. The van der Waals surface area contributed by atoms with Crippen molar-refractivity contribution in [3.63, 3.8) is 0 Å². The minimum absolute atomic E-state index is 0.134. The summed E-state index contributed by atoms with van der Waals surface area (Å²) in [6, 6.07) is 8.93. The lowest BCUT2D eigenvalue weighted by molar-refractivity contribution is -0.0567. The molecule has 7 heteroatoms. The highest BCUT2D eigenvalue weighted by atomic mass is 16.5. The standard InChI is InChI=1S/C23H27N5O2/c1-16-4-2-3-5-21(16)22-25-11-17(12-26-22)23-24-7-8-28(23)18-10-19-15-30-20(6-9-29)14-27(19)13-18/h2-5,7-8,11-12,18-20,29H,6,9-10,13-15H2,1H3/t18-,19-,20-/m0/s1. The van der Waals surface area contributed by atoms with Gasteiger partial charge in [0.15, 0.2) is 5.82 Å². The van der Waals surface area contributed by atoms with Gasteiger partial charge in [-0.15, -0.1) is 0 Å². The van der Waals surface area contributed by atoms with E-state index in [2.05, 4.69) is 43.6 Å². The average Bonchev–Trinajstić information content (AvgIpc) is 3.41. The third-order valence-electron chi connectivity index (χ3n) is 6.28. The van der Waals surface area contributed by atoms with Crippen molar-refractivity contribution in [3.05, 3.63) is 54.6 Å². The number of nitrogens with zero attached hydrogens (tertiary/aromatic N) is 5. The number of aromatic nitrogens is 4. The van der Waals surface area contributed by atoms with Crippen LogP contribution in [0.3, 0.4) is 0 Å². The van der Waals surface area contributed by atoms with Gasteiger partial charge in [0, 0.05) is 62.1 Å². The summed E-state index contributed by atoms with van der Waals surface area (Å²) in [7, 11) is 0. The highest BCUT2D eigenvalue weighted by Gasteiger charge is 2.38. The Labute approximate surface area is 176 Å². The number of hydrogen-bond acceptors (Lipinski definition) is 6. The van der Waals surface area contributed by atoms with Crippen LogP contribution in [0, 0.1) is 6.92 Å². The van der Waals surface area contributed by atoms with Gasteiger partial charge in [-0.05, 0) is 25.3 Å². The van der Waals surface area contributed by atoms with Crippen molar-refractivity contribution in [2.75, 3.05) is 26.3 Å². The van der Waals surface area contributed by atoms with E-state index in [1.54, 1.807) is 0 Å². The number of rotatable bonds is 5. The van der Waals surface area contributed by atoms with E-state index in [1.165, 1.54) is 0 Å². The lowest BCUT2D eigenvalue weighted by Gasteiger charge is -2.34. The number of fused-ring (bicyclic) bond motifs is 1. The van der Waals surface area contributed by atoms with E-state index in [1.807, 2.05) is 36.8 Å². The predicted molar refractivity (Wildman–Crippen MR) is 114 cm³/mol. The zero-order valence-corrected chi connectivity index (χ0v) is 17.2. The molecular weight excluding hydrogens is 378 g/mol. The van der Waals surface area contributed by atoms with Crippen LogP contribution in [-0.2, 0) is 4.74 Å². The summed E-state index contributed by atoms with van der Waals surface area (Å²) in [4.78, 5) is 16.3. The van der Waals surface area contributed by atoms with E-state index < -0.39 is 0 Å². The van der Waals surface area contributed by atoms with Crippen LogP contribution in [0.2, 0.25) is 0 Å². The topological polar surface area (TPSA) is 76.3 Å². The molecule has 0 spiro atoms. The quantitative estimate of drug-likeness (QED) is 0.703. The molecule has 2 aromatic heterocycles. The Bertz CT molecular complexity index is 1000. The molecule has 2 saturated heterocycles. The van der Waals surface area contributed by atoms with Crippen molar-refractivity contribution >= 4 is 0 Å². The van der Waals surface area contributed by atoms with Gasteiger partial charge >= 0.3 is 0 Å². The molecule has 2 aliphatic rings. The maximum Gasteiger partial charge on any atom is 0.159 e. The van der Waals surface area contributed by atoms with Crippen LogP contribution in [0.15, 0.2) is 49.1 Å². The Morgan fingerprint density at radius 2 is 1.93 bits per heavy atom. The molecular formula is C23H27N5O2. The second-order valence-corrected chi connectivity index (χ2v) is 8.23. The van der Waals surface area contributed by atoms with E-state index in [4.69, 9.17) is 4.74 Å². The molecule has 3 atom stereocenters. The molecule has 0 aliphatic carbocycles. The van der Waals surface area contributed by atoms with Crippen LogP contribution in [0.25, 0.3) is 22.8 Å². The van der Waals surface area contributed by atoms with Crippen molar-refractivity contribution in [1.29, 1.82) is 0 Å². The fraction of sp³-hybridized carbons (Fsp3) is 0.435. The summed E-state index contributed by atoms with van der Waals surface area (Å²) in [5.74, 6) is 1.64. The van der Waals surface area contributed by atoms with Gasteiger partial charge in [-0.3, -0.25) is 4.90 Å². The fourth-order valence-corrected chi connectivity index (χ4v) is 4.67. The Morgan fingerprint density at radius 1 is 1.10 bits per heavy atom. The van der Waals surface area contributed by atoms with Gasteiger partial charge in [-0.2, -0.15) is 0 Å². The highest BCUT2D eigenvalue weighted by molar-refractivity contribution is 5.62. The normalized spacial score (nSPS) is 24.1. The molecule has 0 amide bonds. The van der Waals surface area contributed by atoms with Gasteiger partial charge in [-0.1, -0.05) is 24.3 Å². The zero-order valence-electron chi connectivity index (χ0n) is 17.2. The highest BCUT2D eigenvalue weighted by Crippen LogP contribution is 2.33. The second-order valence-electron chi connectivity index (χ2n) is 8.23. The Morgan fingerprint density at radius 3 is 2.73 bits per heavy atom. The van der Waals surface area contributed by atoms with Crippen molar-refractivity contribution in [1.82, 2.24) is 24.4 Å². The average molecular weight is 406 g/mol. The molecule has 0 bridgehead atoms. The first-order chi connectivity index (χ1) is 14.7. The summed E-state index contributed by atoms with van der Waals surface area (Å²) in [6.07, 6.45) is 9.53. The van der Waals surface area contributed by atoms with Gasteiger partial charge in [0.1, 0.15) is 5.82 Å². The molecule has 156 valence electrons. The smallest absolute Gasteiger partial charge is 0.159 e. The first-order valence-electron chi connectivity index (χ1n) is 10.6. The number of hydrogen-bond donors (Lipinski definition) is 1. The molecule has 30 heavy (non-hydrogen) atoms. The SMILES string of the molecule is Cc1ccccc1-c1ncc(-c2nccn2[C@H]2C[C@H]3CO[C@@H](CCO)CN3C2)cn1. The molecule has 2 aliphatic heterocycles. The first-order valence-corrected chi connectivity index (χ1v) is 10.6. The summed E-state index contributed by atoms with van der Waals surface area (Å²) in [5.41, 5.74) is 3.14. The number of imidazole rings is 1. The van der Waals surface area contributed by atoms with Crippen molar-refractivity contribution in [3.8, 4) is 22.8 Å². The second kappa shape index (κ2) is 8.26. The fourth-order valence-electron chi connectivity index (χ4n) is 4.67. The van der Waals surface area contributed by atoms with Crippen molar-refractivity contribution in [2.45, 2.75) is 38.0 Å². The van der Waals surface area contributed by atoms with E-state index >= 15 is 0 Å². The Hall–Kier alpha value is -2.61. The molecule has 1 N–H and O–H groups in total. The van der Waals surface area contributed by atoms with Crippen molar-refractivity contribution < 1.29 is 9.84 Å². The van der Waals surface area contributed by atoms with Gasteiger partial charge in [0.05, 0.1) is 18.3 Å². The van der Waals surface area contributed by atoms with Crippen LogP contribution in [0.5, 0.6) is 0 Å². The minimum atomic E-state index is 0.134. The number of aryl methyl sites for hydroxylation is 1. The lowest BCUT2D eigenvalue weighted by atomic mass is 10.1. The third-order valence-corrected chi connectivity index (χ3v) is 6.28. The van der Waals surface area contributed by atoms with Crippen LogP contribution < -0.4 is 0 Å². The first kappa shape index (κ1) is 19.4. The maximum absolute atomic E-state index is 9.21. The van der Waals surface area contributed by atoms with Gasteiger partial charge < -0.3 is 14.4 Å². The number of aliphatic hydroxyl groups is 1. The lowest BCUT2D eigenvalue weighted by Crippen LogP contribution is -2.46.